The highest BCUT2D eigenvalue weighted by Crippen LogP contribution is 2.24. The number of nitro groups is 1. The third kappa shape index (κ3) is 3.11. The van der Waals surface area contributed by atoms with Gasteiger partial charge in [-0.25, -0.2) is 13.4 Å². The van der Waals surface area contributed by atoms with Crippen molar-refractivity contribution in [1.82, 2.24) is 4.98 Å². The largest absolute Gasteiger partial charge is 0.373 e. The highest BCUT2D eigenvalue weighted by atomic mass is 32.2. The van der Waals surface area contributed by atoms with Gasteiger partial charge in [0, 0.05) is 20.1 Å². The van der Waals surface area contributed by atoms with E-state index in [1.54, 1.807) is 11.9 Å². The van der Waals surface area contributed by atoms with Gasteiger partial charge in [-0.3, -0.25) is 10.1 Å². The summed E-state index contributed by atoms with van der Waals surface area (Å²) in [6, 6.07) is 2.70. The van der Waals surface area contributed by atoms with Gasteiger partial charge in [-0.1, -0.05) is 0 Å². The molecule has 8 nitrogen and oxygen atoms in total. The predicted molar refractivity (Wildman–Crippen MR) is 71.3 cm³/mol. The average molecular weight is 286 g/mol. The number of sulfone groups is 1. The summed E-state index contributed by atoms with van der Waals surface area (Å²) in [5.41, 5.74) is -0.0669. The minimum Gasteiger partial charge on any atom is -0.373 e. The van der Waals surface area contributed by atoms with Gasteiger partial charge >= 0.3 is 0 Å². The van der Waals surface area contributed by atoms with Crippen molar-refractivity contribution in [2.45, 2.75) is 0 Å². The summed E-state index contributed by atoms with van der Waals surface area (Å²) in [7, 11) is -1.36. The van der Waals surface area contributed by atoms with Crippen LogP contribution in [0.1, 0.15) is 0 Å². The van der Waals surface area contributed by atoms with Gasteiger partial charge in [-0.15, -0.1) is 0 Å². The topological polar surface area (TPSA) is 105 Å². The average Bonchev–Trinajstić information content (AvgIpc) is 2.38. The summed E-state index contributed by atoms with van der Waals surface area (Å²) < 4.78 is 22.7. The Bertz CT molecular complexity index is 588. The second-order valence-electron chi connectivity index (χ2n) is 4.21. The molecule has 9 heteroatoms. The van der Waals surface area contributed by atoms with Gasteiger partial charge in [-0.2, -0.15) is 0 Å². The van der Waals surface area contributed by atoms with E-state index >= 15 is 0 Å². The fourth-order valence-electron chi connectivity index (χ4n) is 1.84. The van der Waals surface area contributed by atoms with Gasteiger partial charge in [0.05, 0.1) is 28.6 Å². The molecule has 1 fully saturated rings. The van der Waals surface area contributed by atoms with Crippen LogP contribution in [0.3, 0.4) is 0 Å². The number of hydrogen-bond donors (Lipinski definition) is 1. The first-order chi connectivity index (χ1) is 8.91. The van der Waals surface area contributed by atoms with Gasteiger partial charge in [-0.05, 0) is 0 Å². The summed E-state index contributed by atoms with van der Waals surface area (Å²) >= 11 is 0. The number of hydrogen-bond acceptors (Lipinski definition) is 7. The van der Waals surface area contributed by atoms with Crippen LogP contribution in [0.4, 0.5) is 17.3 Å². The molecule has 0 radical (unpaired) electrons. The van der Waals surface area contributed by atoms with Crippen LogP contribution in [0.15, 0.2) is 12.1 Å². The van der Waals surface area contributed by atoms with Crippen molar-refractivity contribution >= 4 is 27.2 Å². The zero-order chi connectivity index (χ0) is 14.0. The molecule has 0 unspecified atom stereocenters. The molecule has 0 saturated carbocycles. The number of nitrogens with zero attached hydrogens (tertiary/aromatic N) is 3. The van der Waals surface area contributed by atoms with E-state index in [1.165, 1.54) is 12.1 Å². The third-order valence-corrected chi connectivity index (χ3v) is 4.54. The van der Waals surface area contributed by atoms with E-state index in [0.717, 1.165) is 0 Å². The Kier molecular flexibility index (Phi) is 3.56. The highest BCUT2D eigenvalue weighted by molar-refractivity contribution is 7.91. The maximum Gasteiger partial charge on any atom is 0.276 e. The van der Waals surface area contributed by atoms with Crippen LogP contribution < -0.4 is 10.2 Å². The minimum atomic E-state index is -2.98. The van der Waals surface area contributed by atoms with Gasteiger partial charge < -0.3 is 10.2 Å². The zero-order valence-corrected chi connectivity index (χ0v) is 11.2. The van der Waals surface area contributed by atoms with E-state index < -0.39 is 14.8 Å². The van der Waals surface area contributed by atoms with Crippen molar-refractivity contribution in [3.63, 3.8) is 0 Å². The SMILES string of the molecule is CNc1cc([N+](=O)[O-])cc(N2CCS(=O)(=O)CC2)n1. The summed E-state index contributed by atoms with van der Waals surface area (Å²) in [5, 5.41) is 13.6. The zero-order valence-electron chi connectivity index (χ0n) is 10.4. The Balaban J connectivity index is 2.29. The number of nitrogens with one attached hydrogen (secondary N) is 1. The van der Waals surface area contributed by atoms with E-state index in [4.69, 9.17) is 0 Å². The predicted octanol–water partition coefficient (Wildman–Crippen LogP) is 0.266. The van der Waals surface area contributed by atoms with E-state index in [-0.39, 0.29) is 17.2 Å². The molecular weight excluding hydrogens is 272 g/mol. The molecule has 2 heterocycles. The summed E-state index contributed by atoms with van der Waals surface area (Å²) in [5.74, 6) is 0.907. The van der Waals surface area contributed by atoms with Crippen molar-refractivity contribution in [2.24, 2.45) is 0 Å². The van der Waals surface area contributed by atoms with Crippen molar-refractivity contribution in [1.29, 1.82) is 0 Å². The molecule has 1 aliphatic heterocycles. The van der Waals surface area contributed by atoms with Crippen molar-refractivity contribution < 1.29 is 13.3 Å². The molecule has 1 aromatic rings. The second-order valence-corrected chi connectivity index (χ2v) is 6.52. The Morgan fingerprint density at radius 2 is 2.00 bits per heavy atom. The molecule has 1 N–H and O–H groups in total. The van der Waals surface area contributed by atoms with Crippen LogP contribution in [-0.4, -0.2) is 50.0 Å². The van der Waals surface area contributed by atoms with Gasteiger partial charge in [0.15, 0.2) is 9.84 Å². The highest BCUT2D eigenvalue weighted by Gasteiger charge is 2.24. The Labute approximate surface area is 110 Å². The number of pyridine rings is 1. The molecule has 1 aliphatic rings. The molecule has 0 bridgehead atoms. The first kappa shape index (κ1) is 13.5. The van der Waals surface area contributed by atoms with Crippen LogP contribution in [-0.2, 0) is 9.84 Å². The quantitative estimate of drug-likeness (QED) is 0.627. The Hall–Kier alpha value is -1.90. The summed E-state index contributed by atoms with van der Waals surface area (Å²) in [6.45, 7) is 0.610. The van der Waals surface area contributed by atoms with Gasteiger partial charge in [0.25, 0.3) is 5.69 Å². The molecule has 19 heavy (non-hydrogen) atoms. The fourth-order valence-corrected chi connectivity index (χ4v) is 3.04. The normalized spacial score (nSPS) is 18.1. The van der Waals surface area contributed by atoms with Crippen molar-refractivity contribution in [2.75, 3.05) is 41.9 Å². The van der Waals surface area contributed by atoms with Crippen molar-refractivity contribution in [3.8, 4) is 0 Å². The molecule has 104 valence electrons. The first-order valence-corrected chi connectivity index (χ1v) is 7.53. The summed E-state index contributed by atoms with van der Waals surface area (Å²) in [4.78, 5) is 16.3. The molecule has 1 saturated heterocycles. The Morgan fingerprint density at radius 1 is 1.37 bits per heavy atom. The number of rotatable bonds is 3. The summed E-state index contributed by atoms with van der Waals surface area (Å²) in [6.07, 6.45) is 0. The van der Waals surface area contributed by atoms with Crippen LogP contribution in [0.2, 0.25) is 0 Å². The van der Waals surface area contributed by atoms with Gasteiger partial charge in [0.2, 0.25) is 0 Å². The second kappa shape index (κ2) is 5.00. The molecule has 0 atom stereocenters. The Morgan fingerprint density at radius 3 is 2.53 bits per heavy atom. The molecular formula is C10H14N4O4S. The lowest BCUT2D eigenvalue weighted by molar-refractivity contribution is -0.384. The fraction of sp³-hybridized carbons (Fsp3) is 0.500. The van der Waals surface area contributed by atoms with E-state index in [2.05, 4.69) is 10.3 Å². The monoisotopic (exact) mass is 286 g/mol. The standard InChI is InChI=1S/C10H14N4O4S/c1-11-9-6-8(14(15)16)7-10(12-9)13-2-4-19(17,18)5-3-13/h6-7H,2-5H2,1H3,(H,11,12). The maximum absolute atomic E-state index is 11.4. The smallest absolute Gasteiger partial charge is 0.276 e. The molecule has 0 aliphatic carbocycles. The van der Waals surface area contributed by atoms with Crippen LogP contribution >= 0.6 is 0 Å². The van der Waals surface area contributed by atoms with Crippen LogP contribution in [0.5, 0.6) is 0 Å². The molecule has 0 spiro atoms. The lowest BCUT2D eigenvalue weighted by atomic mass is 10.3. The molecule has 0 amide bonds. The van der Waals surface area contributed by atoms with E-state index in [1.807, 2.05) is 0 Å². The van der Waals surface area contributed by atoms with Crippen LogP contribution in [0.25, 0.3) is 0 Å². The third-order valence-electron chi connectivity index (χ3n) is 2.93. The lowest BCUT2D eigenvalue weighted by Gasteiger charge is -2.27. The van der Waals surface area contributed by atoms with E-state index in [9.17, 15) is 18.5 Å². The number of anilines is 2. The minimum absolute atomic E-state index is 0.0479. The van der Waals surface area contributed by atoms with Gasteiger partial charge in [0.1, 0.15) is 11.6 Å². The van der Waals surface area contributed by atoms with Crippen molar-refractivity contribution in [3.05, 3.63) is 22.2 Å². The molecule has 1 aromatic heterocycles. The molecule has 2 rings (SSSR count). The number of aromatic nitrogens is 1. The van der Waals surface area contributed by atoms with E-state index in [0.29, 0.717) is 24.7 Å². The lowest BCUT2D eigenvalue weighted by Crippen LogP contribution is -2.40. The van der Waals surface area contributed by atoms with Crippen LogP contribution in [0, 0.1) is 10.1 Å². The first-order valence-electron chi connectivity index (χ1n) is 5.71. The molecule has 0 aromatic carbocycles. The maximum atomic E-state index is 11.4.